The zero-order valence-corrected chi connectivity index (χ0v) is 26.6. The number of hydrogen-bond acceptors (Lipinski definition) is 9. The van der Waals surface area contributed by atoms with E-state index in [-0.39, 0.29) is 20.4 Å². The van der Waals surface area contributed by atoms with Gasteiger partial charge in [-0.2, -0.15) is 0 Å². The number of nitrogens with two attached hydrogens (primary N) is 2. The van der Waals surface area contributed by atoms with Gasteiger partial charge in [-0.15, -0.1) is 10.2 Å². The van der Waals surface area contributed by atoms with Crippen LogP contribution in [0.5, 0.6) is 0 Å². The molecule has 0 aliphatic carbocycles. The minimum atomic E-state index is -2.33. The minimum absolute atomic E-state index is 0. The Morgan fingerprint density at radius 3 is 1.69 bits per heavy atom. The number of nitrogens with zero attached hydrogens (tertiary/aromatic N) is 7. The number of unbranched alkanes of at least 4 members (excludes halogenated alkanes) is 2. The Balaban J connectivity index is 0. The van der Waals surface area contributed by atoms with Crippen LogP contribution in [0, 0.1) is 20.0 Å². The molecule has 1 unspecified atom stereocenters. The largest absolute Gasteiger partial charge is 0 e. The molecule has 15 nitrogen and oxygen atoms in total. The van der Waals surface area contributed by atoms with E-state index in [1.807, 2.05) is 33.9 Å². The van der Waals surface area contributed by atoms with Gasteiger partial charge in [0.1, 0.15) is 0 Å². The molecule has 42 heavy (non-hydrogen) atoms. The van der Waals surface area contributed by atoms with Crippen molar-refractivity contribution in [3.8, 4) is 0 Å². The molecule has 17 heteroatoms. The number of nitrogens with one attached hydrogen (secondary N) is 1. The van der Waals surface area contributed by atoms with E-state index in [1.54, 1.807) is 12.1 Å². The third-order valence-electron chi connectivity index (χ3n) is 5.50. The Labute approximate surface area is 262 Å². The molecule has 0 aliphatic rings. The molecule has 2 heterocycles. The van der Waals surface area contributed by atoms with Crippen LogP contribution in [0.3, 0.4) is 0 Å². The summed E-state index contributed by atoms with van der Waals surface area (Å²) in [6.07, 6.45) is 8.62. The molecular formula is C25H35N10O5ReS-. The van der Waals surface area contributed by atoms with Gasteiger partial charge in [0.15, 0.2) is 0 Å². The molecule has 229 valence electrons. The van der Waals surface area contributed by atoms with E-state index in [4.69, 9.17) is 25.4 Å². The molecule has 5 N–H and O–H groups in total. The van der Waals surface area contributed by atoms with E-state index in [9.17, 15) is 8.76 Å². The van der Waals surface area contributed by atoms with E-state index >= 15 is 0 Å². The summed E-state index contributed by atoms with van der Waals surface area (Å²) in [5, 5.41) is 17.2. The molecule has 0 saturated carbocycles. The fraction of sp³-hybridized carbons (Fsp3) is 0.480. The predicted octanol–water partition coefficient (Wildman–Crippen LogP) is 0.683. The summed E-state index contributed by atoms with van der Waals surface area (Å²) < 4.78 is 50.2. The Morgan fingerprint density at radius 2 is 1.29 bits per heavy atom. The number of anilines is 1. The van der Waals surface area contributed by atoms with Crippen LogP contribution in [0.4, 0.5) is 5.69 Å². The normalized spacial score (nSPS) is 10.4. The molecular weight excluding hydrogens is 739 g/mol. The van der Waals surface area contributed by atoms with Crippen LogP contribution in [-0.2, 0) is 78.2 Å². The number of aromatic nitrogens is 6. The second-order valence-electron chi connectivity index (χ2n) is 8.43. The van der Waals surface area contributed by atoms with Crippen LogP contribution in [0.2, 0.25) is 0 Å². The van der Waals surface area contributed by atoms with Gasteiger partial charge in [0.05, 0.1) is 11.4 Å². The summed E-state index contributed by atoms with van der Waals surface area (Å²) in [4.78, 5) is 2.27. The second-order valence-corrected chi connectivity index (χ2v) is 9.11. The Morgan fingerprint density at radius 1 is 0.833 bits per heavy atom. The van der Waals surface area contributed by atoms with E-state index in [1.165, 1.54) is 0 Å². The van der Waals surface area contributed by atoms with Gasteiger partial charge >= 0.3 is 33.9 Å². The number of aryl methyl sites for hydroxylation is 2. The Bertz CT molecular complexity index is 1110. The zero-order chi connectivity index (χ0) is 30.9. The first kappa shape index (κ1) is 41.3. The SMILES string of the molecule is NCCCCn1cc(CN(CCc2ccc(NS(=O)[O-])cc2)Cc2cn(CCCCN)nn2)nn1.[C-]#[O+].[C-]#[O+].[C-]#[O+].[Re]. The molecule has 0 fully saturated rings. The van der Waals surface area contributed by atoms with Crippen LogP contribution in [-0.4, -0.2) is 63.3 Å². The van der Waals surface area contributed by atoms with Crippen molar-refractivity contribution >= 4 is 17.0 Å². The molecule has 1 radical (unpaired) electrons. The Hall–Kier alpha value is -2.83. The fourth-order valence-electron chi connectivity index (χ4n) is 3.67. The maximum absolute atomic E-state index is 10.8. The molecule has 0 amide bonds. The van der Waals surface area contributed by atoms with Gasteiger partial charge in [-0.3, -0.25) is 18.5 Å². The summed E-state index contributed by atoms with van der Waals surface area (Å²) in [6.45, 7) is 18.5. The van der Waals surface area contributed by atoms with Gasteiger partial charge in [0.2, 0.25) is 0 Å². The minimum Gasteiger partial charge on any atom is 0 e. The fourth-order valence-corrected chi connectivity index (χ4v) is 4.00. The van der Waals surface area contributed by atoms with Crippen molar-refractivity contribution in [3.05, 3.63) is 73.6 Å². The number of rotatable bonds is 17. The van der Waals surface area contributed by atoms with Crippen molar-refractivity contribution < 1.29 is 43.1 Å². The first-order valence-corrected chi connectivity index (χ1v) is 13.6. The molecule has 0 bridgehead atoms. The monoisotopic (exact) mass is 774 g/mol. The van der Waals surface area contributed by atoms with Crippen molar-refractivity contribution in [1.29, 1.82) is 0 Å². The van der Waals surface area contributed by atoms with Gasteiger partial charge in [-0.25, -0.2) is 0 Å². The van der Waals surface area contributed by atoms with Crippen LogP contribution < -0.4 is 16.2 Å². The maximum Gasteiger partial charge on any atom is 0 e. The molecule has 2 aromatic heterocycles. The first-order valence-electron chi connectivity index (χ1n) is 12.5. The van der Waals surface area contributed by atoms with E-state index < -0.39 is 11.3 Å². The van der Waals surface area contributed by atoms with Crippen LogP contribution in [0.25, 0.3) is 0 Å². The van der Waals surface area contributed by atoms with Gasteiger partial charge in [0.25, 0.3) is 0 Å². The van der Waals surface area contributed by atoms with Crippen molar-refractivity contribution in [2.45, 2.75) is 58.3 Å². The third-order valence-corrected chi connectivity index (χ3v) is 5.90. The van der Waals surface area contributed by atoms with Crippen LogP contribution in [0.1, 0.15) is 42.6 Å². The molecule has 0 spiro atoms. The van der Waals surface area contributed by atoms with Crippen molar-refractivity contribution in [2.75, 3.05) is 24.4 Å². The van der Waals surface area contributed by atoms with Gasteiger partial charge in [0, 0.05) is 82.5 Å². The molecule has 1 aromatic carbocycles. The Kier molecular flexibility index (Phi) is 26.6. The van der Waals surface area contributed by atoms with Crippen LogP contribution in [0.15, 0.2) is 36.7 Å². The molecule has 3 rings (SSSR count). The predicted molar refractivity (Wildman–Crippen MR) is 145 cm³/mol. The summed E-state index contributed by atoms with van der Waals surface area (Å²) >= 11 is -2.33. The first-order chi connectivity index (χ1) is 20.1. The molecule has 1 atom stereocenters. The number of benzene rings is 1. The molecule has 0 aliphatic heterocycles. The van der Waals surface area contributed by atoms with E-state index in [0.717, 1.165) is 68.7 Å². The smallest absolute Gasteiger partial charge is 0 e. The van der Waals surface area contributed by atoms with Crippen molar-refractivity contribution in [3.63, 3.8) is 0 Å². The number of hydrogen-bond donors (Lipinski definition) is 3. The zero-order valence-electron chi connectivity index (χ0n) is 23.1. The van der Waals surface area contributed by atoms with E-state index in [2.05, 4.69) is 50.2 Å². The maximum atomic E-state index is 10.8. The second kappa shape index (κ2) is 27.0. The average molecular weight is 774 g/mol. The molecule has 3 aromatic rings. The van der Waals surface area contributed by atoms with Gasteiger partial charge in [-0.05, 0) is 62.9 Å². The molecule has 0 saturated heterocycles. The van der Waals surface area contributed by atoms with Crippen molar-refractivity contribution in [2.24, 2.45) is 11.5 Å². The van der Waals surface area contributed by atoms with Crippen LogP contribution >= 0.6 is 0 Å². The van der Waals surface area contributed by atoms with Gasteiger partial charge < -0.3 is 20.7 Å². The summed E-state index contributed by atoms with van der Waals surface area (Å²) in [7, 11) is 0. The van der Waals surface area contributed by atoms with Gasteiger partial charge in [-0.1, -0.05) is 22.6 Å². The topological polar surface area (TPSA) is 229 Å². The average Bonchev–Trinajstić information content (AvgIpc) is 3.65. The third kappa shape index (κ3) is 17.9. The van der Waals surface area contributed by atoms with Crippen molar-refractivity contribution in [1.82, 2.24) is 34.9 Å². The summed E-state index contributed by atoms with van der Waals surface area (Å²) in [5.41, 5.74) is 14.6. The quantitative estimate of drug-likeness (QED) is 0.0758. The summed E-state index contributed by atoms with van der Waals surface area (Å²) in [6, 6.07) is 7.37. The summed E-state index contributed by atoms with van der Waals surface area (Å²) in [5.74, 6) is 0. The van der Waals surface area contributed by atoms with E-state index in [0.29, 0.717) is 31.9 Å². The standard InChI is InChI=1S/C22H36N10O2S.3CO.Re/c23-10-1-3-12-31-17-21(25-28-31)15-30(16-22-18-32(29-26-22)13-4-2-11-24)14-9-19-5-7-20(8-6-19)27-35(33)34;3*1-2;/h5-8,17-18,27H,1-4,9-16,23-24H2,(H,33,34);;;;/p-1.